The van der Waals surface area contributed by atoms with Crippen LogP contribution in [0.3, 0.4) is 0 Å². The summed E-state index contributed by atoms with van der Waals surface area (Å²) in [5.41, 5.74) is 3.17. The SMILES string of the molecule is CCCCCCCC(=O)N(CCc1cc2ccccc2[nH]1)[C@@H]1C=C(C(=O)NCCO)[C@@H]2c3cc(C=O)cc(OC)c3O[C@@H]2[C@H]1O. The van der Waals surface area contributed by atoms with Gasteiger partial charge >= 0.3 is 0 Å². The molecule has 10 heteroatoms. The summed E-state index contributed by atoms with van der Waals surface area (Å²) in [6, 6.07) is 12.4. The average Bonchev–Trinajstić information content (AvgIpc) is 3.66. The summed E-state index contributed by atoms with van der Waals surface area (Å²) >= 11 is 0. The first-order chi connectivity index (χ1) is 21.9. The maximum atomic E-state index is 13.9. The Balaban J connectivity index is 1.50. The van der Waals surface area contributed by atoms with Crippen molar-refractivity contribution >= 4 is 29.0 Å². The zero-order chi connectivity index (χ0) is 31.9. The predicted molar refractivity (Wildman–Crippen MR) is 171 cm³/mol. The number of carbonyl (C=O) groups excluding carboxylic acids is 3. The lowest BCUT2D eigenvalue weighted by Gasteiger charge is -2.40. The number of unbranched alkanes of at least 4 members (excludes halogenated alkanes) is 4. The molecule has 45 heavy (non-hydrogen) atoms. The Morgan fingerprint density at radius 3 is 2.67 bits per heavy atom. The third kappa shape index (κ3) is 6.92. The molecule has 1 aliphatic heterocycles. The minimum atomic E-state index is -1.17. The van der Waals surface area contributed by atoms with Crippen LogP contribution in [-0.2, 0) is 16.0 Å². The molecule has 0 saturated carbocycles. The molecule has 2 aliphatic rings. The molecular formula is C35H43N3O7. The maximum Gasteiger partial charge on any atom is 0.247 e. The number of carbonyl (C=O) groups is 3. The van der Waals surface area contributed by atoms with E-state index in [1.807, 2.05) is 24.3 Å². The van der Waals surface area contributed by atoms with Crippen LogP contribution in [0.2, 0.25) is 0 Å². The second kappa shape index (κ2) is 14.8. The minimum Gasteiger partial charge on any atom is -0.493 e. The summed E-state index contributed by atoms with van der Waals surface area (Å²) in [7, 11) is 1.46. The van der Waals surface area contributed by atoms with E-state index in [1.54, 1.807) is 23.1 Å². The van der Waals surface area contributed by atoms with Gasteiger partial charge in [-0.05, 0) is 42.1 Å². The van der Waals surface area contributed by atoms with Gasteiger partial charge in [-0.15, -0.1) is 0 Å². The van der Waals surface area contributed by atoms with Gasteiger partial charge in [0.25, 0.3) is 0 Å². The number of nitrogens with one attached hydrogen (secondary N) is 2. The van der Waals surface area contributed by atoms with Gasteiger partial charge in [-0.1, -0.05) is 50.8 Å². The highest BCUT2D eigenvalue weighted by atomic mass is 16.5. The largest absolute Gasteiger partial charge is 0.493 e. The number of benzene rings is 2. The van der Waals surface area contributed by atoms with Crippen molar-refractivity contribution in [2.45, 2.75) is 76.0 Å². The smallest absolute Gasteiger partial charge is 0.247 e. The molecule has 0 fully saturated rings. The fraction of sp³-hybridized carbons (Fsp3) is 0.457. The van der Waals surface area contributed by atoms with Gasteiger partial charge in [-0.3, -0.25) is 14.4 Å². The number of rotatable bonds is 15. The Morgan fingerprint density at radius 1 is 1.13 bits per heavy atom. The van der Waals surface area contributed by atoms with E-state index in [-0.39, 0.29) is 19.1 Å². The van der Waals surface area contributed by atoms with Crippen LogP contribution in [0.25, 0.3) is 10.9 Å². The molecule has 3 aromatic rings. The van der Waals surface area contributed by atoms with Gasteiger partial charge in [-0.2, -0.15) is 0 Å². The first-order valence-electron chi connectivity index (χ1n) is 15.9. The molecular weight excluding hydrogens is 574 g/mol. The van der Waals surface area contributed by atoms with Crippen molar-refractivity contribution in [3.8, 4) is 11.5 Å². The summed E-state index contributed by atoms with van der Waals surface area (Å²) in [4.78, 5) is 44.3. The van der Waals surface area contributed by atoms with Crippen LogP contribution in [-0.4, -0.2) is 83.3 Å². The summed E-state index contributed by atoms with van der Waals surface area (Å²) in [6.07, 6.45) is 6.07. The summed E-state index contributed by atoms with van der Waals surface area (Å²) < 4.78 is 11.8. The van der Waals surface area contributed by atoms with Crippen LogP contribution >= 0.6 is 0 Å². The van der Waals surface area contributed by atoms with E-state index in [0.29, 0.717) is 53.9 Å². The second-order valence-electron chi connectivity index (χ2n) is 11.8. The van der Waals surface area contributed by atoms with Gasteiger partial charge in [0.05, 0.1) is 25.7 Å². The third-order valence-corrected chi connectivity index (χ3v) is 8.79. The Labute approximate surface area is 263 Å². The molecule has 2 heterocycles. The van der Waals surface area contributed by atoms with Gasteiger partial charge in [0.2, 0.25) is 11.8 Å². The topological polar surface area (TPSA) is 141 Å². The first kappa shape index (κ1) is 32.2. The van der Waals surface area contributed by atoms with Crippen molar-refractivity contribution in [3.63, 3.8) is 0 Å². The molecule has 1 aromatic heterocycles. The van der Waals surface area contributed by atoms with Crippen LogP contribution in [0.5, 0.6) is 11.5 Å². The maximum absolute atomic E-state index is 13.9. The van der Waals surface area contributed by atoms with Crippen molar-refractivity contribution in [3.05, 3.63) is 70.9 Å². The van der Waals surface area contributed by atoms with Crippen molar-refractivity contribution in [1.82, 2.24) is 15.2 Å². The number of nitrogens with zero attached hydrogens (tertiary/aromatic N) is 1. The molecule has 0 saturated heterocycles. The number of aliphatic hydroxyl groups is 2. The molecule has 1 aliphatic carbocycles. The van der Waals surface area contributed by atoms with Crippen LogP contribution in [0.4, 0.5) is 0 Å². The summed E-state index contributed by atoms with van der Waals surface area (Å²) in [5, 5.41) is 25.1. The lowest BCUT2D eigenvalue weighted by atomic mass is 9.77. The molecule has 0 bridgehead atoms. The van der Waals surface area contributed by atoms with E-state index in [0.717, 1.165) is 48.7 Å². The van der Waals surface area contributed by atoms with Gasteiger partial charge < -0.3 is 34.9 Å². The Morgan fingerprint density at radius 2 is 1.93 bits per heavy atom. The van der Waals surface area contributed by atoms with E-state index in [9.17, 15) is 24.6 Å². The number of methoxy groups -OCH3 is 1. The number of para-hydroxylation sites is 1. The third-order valence-electron chi connectivity index (χ3n) is 8.79. The summed E-state index contributed by atoms with van der Waals surface area (Å²) in [6.45, 7) is 2.25. The van der Waals surface area contributed by atoms with E-state index in [2.05, 4.69) is 23.3 Å². The van der Waals surface area contributed by atoms with Crippen LogP contribution < -0.4 is 14.8 Å². The van der Waals surface area contributed by atoms with E-state index >= 15 is 0 Å². The number of ether oxygens (including phenoxy) is 2. The molecule has 4 N–H and O–H groups in total. The molecule has 0 radical (unpaired) electrons. The zero-order valence-electron chi connectivity index (χ0n) is 26.0. The second-order valence-corrected chi connectivity index (χ2v) is 11.8. The Kier molecular flexibility index (Phi) is 10.6. The molecule has 0 spiro atoms. The van der Waals surface area contributed by atoms with Crippen LogP contribution in [0.15, 0.2) is 54.1 Å². The van der Waals surface area contributed by atoms with Crippen molar-refractivity contribution in [2.24, 2.45) is 0 Å². The van der Waals surface area contributed by atoms with Gasteiger partial charge in [0.1, 0.15) is 18.5 Å². The fourth-order valence-corrected chi connectivity index (χ4v) is 6.53. The van der Waals surface area contributed by atoms with E-state index < -0.39 is 30.1 Å². The lowest BCUT2D eigenvalue weighted by Crippen LogP contribution is -2.56. The van der Waals surface area contributed by atoms with Gasteiger partial charge in [0, 0.05) is 53.8 Å². The highest BCUT2D eigenvalue weighted by Gasteiger charge is 2.51. The number of amides is 2. The number of aromatic amines is 1. The van der Waals surface area contributed by atoms with Crippen molar-refractivity contribution in [1.29, 1.82) is 0 Å². The Bertz CT molecular complexity index is 1510. The lowest BCUT2D eigenvalue weighted by molar-refractivity contribution is -0.137. The highest BCUT2D eigenvalue weighted by Crippen LogP contribution is 2.51. The van der Waals surface area contributed by atoms with Crippen LogP contribution in [0, 0.1) is 0 Å². The van der Waals surface area contributed by atoms with E-state index in [4.69, 9.17) is 9.47 Å². The first-order valence-corrected chi connectivity index (χ1v) is 15.9. The fourth-order valence-electron chi connectivity index (χ4n) is 6.53. The number of aliphatic hydroxyl groups excluding tert-OH is 2. The predicted octanol–water partition coefficient (Wildman–Crippen LogP) is 4.04. The van der Waals surface area contributed by atoms with E-state index in [1.165, 1.54) is 7.11 Å². The molecule has 0 unspecified atom stereocenters. The monoisotopic (exact) mass is 617 g/mol. The van der Waals surface area contributed by atoms with Gasteiger partial charge in [-0.25, -0.2) is 0 Å². The number of hydrogen-bond acceptors (Lipinski definition) is 7. The number of aldehydes is 1. The standard InChI is InChI=1S/C35H43N3O7/c1-3-4-5-6-7-12-30(41)38(15-13-24-19-23-10-8-9-11-27(23)37-24)28-20-26(35(43)36-14-16-39)31-25-17-22(21-40)18-29(44-2)33(25)45-34(31)32(28)42/h8-11,17-21,28,31-32,34,37,39,42H,3-7,12-16H2,1-2H3,(H,36,43)/t28-,31+,32+,34+/m1/s1. The Hall–Kier alpha value is -4.15. The number of fused-ring (bicyclic) bond motifs is 4. The van der Waals surface area contributed by atoms with Gasteiger partial charge in [0.15, 0.2) is 11.5 Å². The van der Waals surface area contributed by atoms with Crippen molar-refractivity contribution < 1.29 is 34.1 Å². The number of aromatic nitrogens is 1. The van der Waals surface area contributed by atoms with Crippen molar-refractivity contribution in [2.75, 3.05) is 26.8 Å². The zero-order valence-corrected chi connectivity index (χ0v) is 26.0. The molecule has 240 valence electrons. The average molecular weight is 618 g/mol. The number of H-pyrrole nitrogens is 1. The summed E-state index contributed by atoms with van der Waals surface area (Å²) in [5.74, 6) is -0.580. The normalized spacial score (nSPS) is 20.1. The molecule has 2 aromatic carbocycles. The highest BCUT2D eigenvalue weighted by molar-refractivity contribution is 5.96. The minimum absolute atomic E-state index is 0.0347. The van der Waals surface area contributed by atoms with Crippen LogP contribution in [0.1, 0.15) is 73.0 Å². The number of hydrogen-bond donors (Lipinski definition) is 4. The molecule has 4 atom stereocenters. The molecule has 5 rings (SSSR count). The molecule has 10 nitrogen and oxygen atoms in total. The molecule has 2 amide bonds. The quantitative estimate of drug-likeness (QED) is 0.149.